The molecule has 0 saturated carbocycles. The SMILES string of the molecule is Cc1cc(CCc2ccccc2)oc(=O)c1C(=O)N1CC2(CN(C)C2)C1. The minimum atomic E-state index is -0.510. The van der Waals surface area contributed by atoms with Crippen LogP contribution in [-0.2, 0) is 12.8 Å². The highest BCUT2D eigenvalue weighted by molar-refractivity contribution is 5.95. The van der Waals surface area contributed by atoms with Crippen molar-refractivity contribution in [3.8, 4) is 0 Å². The van der Waals surface area contributed by atoms with Gasteiger partial charge in [-0.05, 0) is 37.6 Å². The van der Waals surface area contributed by atoms with Crippen LogP contribution in [0.2, 0.25) is 0 Å². The molecule has 0 aliphatic carbocycles. The molecule has 1 aromatic heterocycles. The second-order valence-electron chi connectivity index (χ2n) is 7.88. The molecule has 1 spiro atoms. The van der Waals surface area contributed by atoms with Gasteiger partial charge < -0.3 is 14.2 Å². The van der Waals surface area contributed by atoms with Gasteiger partial charge in [-0.2, -0.15) is 0 Å². The third-order valence-electron chi connectivity index (χ3n) is 5.47. The highest BCUT2D eigenvalue weighted by atomic mass is 16.4. The number of hydrogen-bond acceptors (Lipinski definition) is 4. The molecule has 5 nitrogen and oxygen atoms in total. The number of aryl methyl sites for hydroxylation is 3. The standard InChI is InChI=1S/C21H24N2O3/c1-15-10-17(9-8-16-6-4-3-5-7-16)26-20(25)18(15)19(24)23-13-21(14-23)11-22(2)12-21/h3-7,10H,8-9,11-14H2,1-2H3. The smallest absolute Gasteiger partial charge is 0.349 e. The molecule has 5 heteroatoms. The molecule has 0 unspecified atom stereocenters. The van der Waals surface area contributed by atoms with E-state index in [4.69, 9.17) is 4.42 Å². The van der Waals surface area contributed by atoms with Crippen molar-refractivity contribution < 1.29 is 9.21 Å². The number of nitrogens with zero attached hydrogens (tertiary/aromatic N) is 2. The van der Waals surface area contributed by atoms with Gasteiger partial charge in [0, 0.05) is 38.0 Å². The molecule has 1 aromatic carbocycles. The highest BCUT2D eigenvalue weighted by Crippen LogP contribution is 2.39. The van der Waals surface area contributed by atoms with E-state index in [-0.39, 0.29) is 16.9 Å². The van der Waals surface area contributed by atoms with E-state index >= 15 is 0 Å². The van der Waals surface area contributed by atoms with Gasteiger partial charge in [-0.15, -0.1) is 0 Å². The number of likely N-dealkylation sites (tertiary alicyclic amines) is 2. The van der Waals surface area contributed by atoms with Gasteiger partial charge in [0.2, 0.25) is 0 Å². The first-order valence-electron chi connectivity index (χ1n) is 9.11. The van der Waals surface area contributed by atoms with Crippen molar-refractivity contribution in [3.63, 3.8) is 0 Å². The molecule has 0 bridgehead atoms. The average Bonchev–Trinajstić information content (AvgIpc) is 2.55. The Labute approximate surface area is 153 Å². The number of rotatable bonds is 4. The summed E-state index contributed by atoms with van der Waals surface area (Å²) >= 11 is 0. The number of amides is 1. The molecule has 26 heavy (non-hydrogen) atoms. The fraction of sp³-hybridized carbons (Fsp3) is 0.429. The topological polar surface area (TPSA) is 53.8 Å². The minimum absolute atomic E-state index is 0.189. The minimum Gasteiger partial charge on any atom is -0.427 e. The van der Waals surface area contributed by atoms with E-state index in [0.717, 1.165) is 32.6 Å². The molecule has 3 heterocycles. The average molecular weight is 352 g/mol. The summed E-state index contributed by atoms with van der Waals surface area (Å²) in [5, 5.41) is 0. The lowest BCUT2D eigenvalue weighted by Gasteiger charge is -2.59. The molecule has 1 amide bonds. The fourth-order valence-corrected chi connectivity index (χ4v) is 4.33. The van der Waals surface area contributed by atoms with Crippen LogP contribution in [0.1, 0.15) is 27.2 Å². The molecular weight excluding hydrogens is 328 g/mol. The Morgan fingerprint density at radius 2 is 1.81 bits per heavy atom. The fourth-order valence-electron chi connectivity index (χ4n) is 4.33. The van der Waals surface area contributed by atoms with E-state index in [1.165, 1.54) is 5.56 Å². The van der Waals surface area contributed by atoms with Crippen molar-refractivity contribution >= 4 is 5.91 Å². The van der Waals surface area contributed by atoms with E-state index in [2.05, 4.69) is 24.1 Å². The van der Waals surface area contributed by atoms with Crippen molar-refractivity contribution in [1.82, 2.24) is 9.80 Å². The lowest BCUT2D eigenvalue weighted by molar-refractivity contribution is -0.0873. The molecule has 2 fully saturated rings. The van der Waals surface area contributed by atoms with Crippen LogP contribution < -0.4 is 5.63 Å². The molecule has 136 valence electrons. The van der Waals surface area contributed by atoms with Crippen LogP contribution in [0.25, 0.3) is 0 Å². The predicted octanol–water partition coefficient (Wildman–Crippen LogP) is 2.12. The van der Waals surface area contributed by atoms with E-state index in [9.17, 15) is 9.59 Å². The van der Waals surface area contributed by atoms with Crippen LogP contribution in [0.3, 0.4) is 0 Å². The van der Waals surface area contributed by atoms with Gasteiger partial charge in [-0.1, -0.05) is 30.3 Å². The molecule has 2 aliphatic heterocycles. The van der Waals surface area contributed by atoms with Crippen molar-refractivity contribution in [2.45, 2.75) is 19.8 Å². The lowest BCUT2D eigenvalue weighted by Crippen LogP contribution is -2.72. The molecule has 0 atom stereocenters. The maximum Gasteiger partial charge on any atom is 0.349 e. The Morgan fingerprint density at radius 1 is 1.12 bits per heavy atom. The second-order valence-corrected chi connectivity index (χ2v) is 7.88. The summed E-state index contributed by atoms with van der Waals surface area (Å²) < 4.78 is 5.45. The lowest BCUT2D eigenvalue weighted by atomic mass is 9.73. The van der Waals surface area contributed by atoms with Gasteiger partial charge in [0.05, 0.1) is 0 Å². The van der Waals surface area contributed by atoms with Crippen LogP contribution in [0.5, 0.6) is 0 Å². The van der Waals surface area contributed by atoms with Gasteiger partial charge in [0.1, 0.15) is 11.3 Å². The van der Waals surface area contributed by atoms with E-state index < -0.39 is 5.63 Å². The van der Waals surface area contributed by atoms with Crippen LogP contribution in [0.15, 0.2) is 45.6 Å². The zero-order valence-electron chi connectivity index (χ0n) is 15.3. The Balaban J connectivity index is 1.44. The number of carbonyl (C=O) groups excluding carboxylic acids is 1. The van der Waals surface area contributed by atoms with Crippen molar-refractivity contribution in [3.05, 3.63) is 69.3 Å². The number of hydrogen-bond donors (Lipinski definition) is 0. The summed E-state index contributed by atoms with van der Waals surface area (Å²) in [5.74, 6) is 0.444. The van der Waals surface area contributed by atoms with E-state index in [0.29, 0.717) is 17.7 Å². The summed E-state index contributed by atoms with van der Waals surface area (Å²) in [5.41, 5.74) is 1.85. The first-order valence-corrected chi connectivity index (χ1v) is 9.11. The zero-order valence-corrected chi connectivity index (χ0v) is 15.3. The van der Waals surface area contributed by atoms with Gasteiger partial charge >= 0.3 is 5.63 Å². The highest BCUT2D eigenvalue weighted by Gasteiger charge is 2.52. The molecule has 2 aliphatic rings. The van der Waals surface area contributed by atoms with Crippen LogP contribution in [0.4, 0.5) is 0 Å². The maximum atomic E-state index is 12.7. The summed E-state index contributed by atoms with van der Waals surface area (Å²) in [4.78, 5) is 29.2. The monoisotopic (exact) mass is 352 g/mol. The van der Waals surface area contributed by atoms with Gasteiger partial charge in [-0.25, -0.2) is 4.79 Å². The zero-order chi connectivity index (χ0) is 18.3. The van der Waals surface area contributed by atoms with E-state index in [1.807, 2.05) is 31.2 Å². The Kier molecular flexibility index (Phi) is 4.19. The van der Waals surface area contributed by atoms with E-state index in [1.54, 1.807) is 4.90 Å². The van der Waals surface area contributed by atoms with Crippen LogP contribution >= 0.6 is 0 Å². The summed E-state index contributed by atoms with van der Waals surface area (Å²) in [6.45, 7) is 5.37. The Morgan fingerprint density at radius 3 is 2.42 bits per heavy atom. The van der Waals surface area contributed by atoms with Crippen LogP contribution in [-0.4, -0.2) is 48.9 Å². The summed E-state index contributed by atoms with van der Waals surface area (Å²) in [6.07, 6.45) is 1.45. The van der Waals surface area contributed by atoms with Gasteiger partial charge in [-0.3, -0.25) is 4.79 Å². The molecule has 4 rings (SSSR count). The molecule has 2 aromatic rings. The Bertz CT molecular complexity index is 874. The van der Waals surface area contributed by atoms with Crippen molar-refractivity contribution in [2.24, 2.45) is 5.41 Å². The normalized spacial score (nSPS) is 18.5. The molecule has 0 radical (unpaired) electrons. The van der Waals surface area contributed by atoms with Crippen LogP contribution in [0, 0.1) is 12.3 Å². The quantitative estimate of drug-likeness (QED) is 0.846. The third kappa shape index (κ3) is 3.07. The number of carbonyl (C=O) groups is 1. The largest absolute Gasteiger partial charge is 0.427 e. The molecule has 2 saturated heterocycles. The van der Waals surface area contributed by atoms with Crippen molar-refractivity contribution in [2.75, 3.05) is 33.2 Å². The Hall–Kier alpha value is -2.40. The third-order valence-corrected chi connectivity index (χ3v) is 5.47. The second kappa shape index (κ2) is 6.40. The number of benzene rings is 1. The van der Waals surface area contributed by atoms with Gasteiger partial charge in [0.25, 0.3) is 5.91 Å². The summed E-state index contributed by atoms with van der Waals surface area (Å²) in [6, 6.07) is 11.9. The first-order chi connectivity index (χ1) is 12.5. The van der Waals surface area contributed by atoms with Crippen molar-refractivity contribution in [1.29, 1.82) is 0 Å². The van der Waals surface area contributed by atoms with Gasteiger partial charge in [0.15, 0.2) is 0 Å². The maximum absolute atomic E-state index is 12.7. The predicted molar refractivity (Wildman–Crippen MR) is 99.4 cm³/mol. The first kappa shape index (κ1) is 17.0. The molecule has 0 N–H and O–H groups in total. The molecular formula is C21H24N2O3. The summed E-state index contributed by atoms with van der Waals surface area (Å²) in [7, 11) is 2.09.